The van der Waals surface area contributed by atoms with Gasteiger partial charge in [-0.3, -0.25) is 9.00 Å². The van der Waals surface area contributed by atoms with Crippen molar-refractivity contribution in [2.45, 2.75) is 27.2 Å². The fourth-order valence-electron chi connectivity index (χ4n) is 0.827. The SMILES string of the molecule is CC(C)(C)C(=O)OCCC[SH](C)(C)=O. The van der Waals surface area contributed by atoms with E-state index in [0.717, 1.165) is 0 Å². The van der Waals surface area contributed by atoms with Crippen molar-refractivity contribution in [1.82, 2.24) is 0 Å². The van der Waals surface area contributed by atoms with Gasteiger partial charge in [0.1, 0.15) is 0 Å². The van der Waals surface area contributed by atoms with E-state index >= 15 is 0 Å². The molecule has 0 saturated carbocycles. The van der Waals surface area contributed by atoms with Gasteiger partial charge in [0.25, 0.3) is 0 Å². The summed E-state index contributed by atoms with van der Waals surface area (Å²) < 4.78 is 16.4. The molecule has 0 fully saturated rings. The van der Waals surface area contributed by atoms with E-state index in [4.69, 9.17) is 4.74 Å². The van der Waals surface area contributed by atoms with Gasteiger partial charge in [0.15, 0.2) is 0 Å². The van der Waals surface area contributed by atoms with Crippen LogP contribution in [0.1, 0.15) is 27.2 Å². The van der Waals surface area contributed by atoms with E-state index in [1.165, 1.54) is 0 Å². The molecule has 0 aliphatic rings. The third-order valence-corrected chi connectivity index (χ3v) is 3.08. The number of carbonyl (C=O) groups is 1. The van der Waals surface area contributed by atoms with Crippen molar-refractivity contribution in [3.05, 3.63) is 0 Å². The summed E-state index contributed by atoms with van der Waals surface area (Å²) in [5, 5.41) is 0. The average Bonchev–Trinajstić information content (AvgIpc) is 1.93. The Labute approximate surface area is 87.6 Å². The molecular formula is C10H22O3S. The number of hydrogen-bond donors (Lipinski definition) is 1. The Morgan fingerprint density at radius 2 is 1.79 bits per heavy atom. The summed E-state index contributed by atoms with van der Waals surface area (Å²) in [6.45, 7) is 5.83. The van der Waals surface area contributed by atoms with Crippen LogP contribution in [-0.2, 0) is 19.5 Å². The van der Waals surface area contributed by atoms with Crippen LogP contribution in [0.2, 0.25) is 0 Å². The molecule has 0 atom stereocenters. The molecule has 0 bridgehead atoms. The van der Waals surface area contributed by atoms with Crippen molar-refractivity contribution in [3.63, 3.8) is 0 Å². The van der Waals surface area contributed by atoms with Crippen molar-refractivity contribution in [2.24, 2.45) is 5.41 Å². The van der Waals surface area contributed by atoms with E-state index in [-0.39, 0.29) is 5.97 Å². The molecule has 0 aromatic heterocycles. The lowest BCUT2D eigenvalue weighted by Crippen LogP contribution is -2.24. The molecule has 0 spiro atoms. The van der Waals surface area contributed by atoms with Crippen molar-refractivity contribution >= 4 is 15.9 Å². The number of carbonyl (C=O) groups excluding carboxylic acids is 1. The molecule has 0 rings (SSSR count). The summed E-state index contributed by atoms with van der Waals surface area (Å²) >= 11 is 0. The predicted octanol–water partition coefficient (Wildman–Crippen LogP) is 1.24. The maximum absolute atomic E-state index is 11.3. The molecule has 0 unspecified atom stereocenters. The lowest BCUT2D eigenvalue weighted by atomic mass is 9.97. The maximum atomic E-state index is 11.3. The van der Waals surface area contributed by atoms with E-state index in [9.17, 15) is 9.00 Å². The summed E-state index contributed by atoms with van der Waals surface area (Å²) in [6.07, 6.45) is 4.18. The molecule has 0 aromatic rings. The van der Waals surface area contributed by atoms with Crippen molar-refractivity contribution in [1.29, 1.82) is 0 Å². The molecule has 4 heteroatoms. The smallest absolute Gasteiger partial charge is 0.311 e. The second kappa shape index (κ2) is 4.91. The lowest BCUT2D eigenvalue weighted by Gasteiger charge is -2.17. The molecule has 0 aromatic carbocycles. The average molecular weight is 222 g/mol. The summed E-state index contributed by atoms with van der Waals surface area (Å²) in [6, 6.07) is 0. The molecule has 14 heavy (non-hydrogen) atoms. The van der Waals surface area contributed by atoms with E-state index in [1.54, 1.807) is 12.5 Å². The molecule has 3 nitrogen and oxygen atoms in total. The number of thiol groups is 1. The molecule has 0 aliphatic heterocycles. The van der Waals surface area contributed by atoms with Crippen molar-refractivity contribution in [3.8, 4) is 0 Å². The Hall–Kier alpha value is -0.380. The molecule has 0 N–H and O–H groups in total. The predicted molar refractivity (Wildman–Crippen MR) is 61.3 cm³/mol. The normalized spacial score (nSPS) is 13.8. The van der Waals surface area contributed by atoms with Crippen LogP contribution in [0.5, 0.6) is 0 Å². The Kier molecular flexibility index (Phi) is 4.78. The van der Waals surface area contributed by atoms with Crippen LogP contribution in [0, 0.1) is 5.41 Å². The molecular weight excluding hydrogens is 200 g/mol. The van der Waals surface area contributed by atoms with Gasteiger partial charge in [0, 0.05) is 5.75 Å². The summed E-state index contributed by atoms with van der Waals surface area (Å²) in [4.78, 5) is 11.3. The molecule has 0 amide bonds. The van der Waals surface area contributed by atoms with Gasteiger partial charge in [-0.15, -0.1) is 9.93 Å². The minimum absolute atomic E-state index is 0.195. The summed E-state index contributed by atoms with van der Waals surface area (Å²) in [7, 11) is -1.96. The van der Waals surface area contributed by atoms with Crippen LogP contribution in [0.15, 0.2) is 0 Å². The molecule has 0 saturated heterocycles. The zero-order valence-corrected chi connectivity index (χ0v) is 10.7. The minimum atomic E-state index is -1.96. The first-order chi connectivity index (χ1) is 6.13. The first-order valence-corrected chi connectivity index (χ1v) is 7.63. The van der Waals surface area contributed by atoms with Crippen LogP contribution in [0.25, 0.3) is 0 Å². The summed E-state index contributed by atoms with van der Waals surface area (Å²) in [5.41, 5.74) is -0.442. The quantitative estimate of drug-likeness (QED) is 0.442. The van der Waals surface area contributed by atoms with Gasteiger partial charge in [0.05, 0.1) is 12.0 Å². The van der Waals surface area contributed by atoms with Gasteiger partial charge >= 0.3 is 5.97 Å². The monoisotopic (exact) mass is 222 g/mol. The number of rotatable bonds is 4. The van der Waals surface area contributed by atoms with Gasteiger partial charge in [-0.1, -0.05) is 0 Å². The van der Waals surface area contributed by atoms with E-state index in [1.807, 2.05) is 20.8 Å². The van der Waals surface area contributed by atoms with Gasteiger partial charge in [-0.2, -0.15) is 0 Å². The van der Waals surface area contributed by atoms with Crippen LogP contribution in [0.3, 0.4) is 0 Å². The number of ether oxygens (including phenoxy) is 1. The second-order valence-corrected chi connectivity index (χ2v) is 8.63. The van der Waals surface area contributed by atoms with Gasteiger partial charge < -0.3 is 4.74 Å². The van der Waals surface area contributed by atoms with Gasteiger partial charge in [-0.25, -0.2) is 0 Å². The number of hydrogen-bond acceptors (Lipinski definition) is 3. The van der Waals surface area contributed by atoms with Gasteiger partial charge in [-0.05, 0) is 39.7 Å². The van der Waals surface area contributed by atoms with Gasteiger partial charge in [0.2, 0.25) is 0 Å². The van der Waals surface area contributed by atoms with E-state index in [0.29, 0.717) is 18.8 Å². The first kappa shape index (κ1) is 13.6. The largest absolute Gasteiger partial charge is 0.465 e. The third kappa shape index (κ3) is 7.06. The van der Waals surface area contributed by atoms with Crippen LogP contribution >= 0.6 is 0 Å². The Bertz CT molecular complexity index is 234. The Balaban J connectivity index is 3.67. The Morgan fingerprint density at radius 3 is 2.14 bits per heavy atom. The topological polar surface area (TPSA) is 43.4 Å². The standard InChI is InChI=1S/C10H22O3S/c1-10(2,3)9(11)13-7-6-8-14(4,5)12/h14H,6-8H2,1-5H3. The first-order valence-electron chi connectivity index (χ1n) is 4.84. The lowest BCUT2D eigenvalue weighted by molar-refractivity contribution is -0.152. The van der Waals surface area contributed by atoms with Crippen LogP contribution in [0.4, 0.5) is 0 Å². The van der Waals surface area contributed by atoms with Crippen LogP contribution < -0.4 is 0 Å². The highest BCUT2D eigenvalue weighted by Crippen LogP contribution is 2.15. The zero-order chi connectivity index (χ0) is 11.4. The second-order valence-electron chi connectivity index (χ2n) is 5.04. The van der Waals surface area contributed by atoms with E-state index in [2.05, 4.69) is 0 Å². The molecule has 0 aliphatic carbocycles. The highest BCUT2D eigenvalue weighted by molar-refractivity contribution is 8.01. The van der Waals surface area contributed by atoms with E-state index < -0.39 is 15.3 Å². The zero-order valence-electron chi connectivity index (χ0n) is 9.79. The third-order valence-electron chi connectivity index (χ3n) is 1.69. The number of esters is 1. The molecule has 0 heterocycles. The fraction of sp³-hybridized carbons (Fsp3) is 0.900. The minimum Gasteiger partial charge on any atom is -0.465 e. The summed E-state index contributed by atoms with van der Waals surface area (Å²) in [5.74, 6) is 0.448. The molecule has 0 radical (unpaired) electrons. The Morgan fingerprint density at radius 1 is 1.29 bits per heavy atom. The highest BCUT2D eigenvalue weighted by atomic mass is 32.2. The highest BCUT2D eigenvalue weighted by Gasteiger charge is 2.22. The fourth-order valence-corrected chi connectivity index (χ4v) is 1.72. The van der Waals surface area contributed by atoms with Crippen LogP contribution in [-0.4, -0.2) is 35.0 Å². The molecule has 86 valence electrons. The van der Waals surface area contributed by atoms with Crippen molar-refractivity contribution in [2.75, 3.05) is 24.9 Å². The van der Waals surface area contributed by atoms with Crippen molar-refractivity contribution < 1.29 is 13.7 Å². The maximum Gasteiger partial charge on any atom is 0.311 e.